The van der Waals surface area contributed by atoms with Crippen molar-refractivity contribution in [1.29, 1.82) is 0 Å². The van der Waals surface area contributed by atoms with Gasteiger partial charge in [-0.25, -0.2) is 8.42 Å². The highest BCUT2D eigenvalue weighted by Gasteiger charge is 2.19. The van der Waals surface area contributed by atoms with E-state index in [0.29, 0.717) is 0 Å². The van der Waals surface area contributed by atoms with Crippen LogP contribution in [0.25, 0.3) is 0 Å². The maximum atomic E-state index is 11.6. The summed E-state index contributed by atoms with van der Waals surface area (Å²) in [6.07, 6.45) is 0. The van der Waals surface area contributed by atoms with Crippen molar-refractivity contribution >= 4 is 27.3 Å². The second-order valence-corrected chi connectivity index (χ2v) is 7.97. The molecule has 2 aromatic rings. The number of nitrogens with zero attached hydrogens (tertiary/aromatic N) is 4. The molecule has 1 aromatic heterocycles. The van der Waals surface area contributed by atoms with E-state index in [0.717, 1.165) is 37.7 Å². The lowest BCUT2D eigenvalue weighted by atomic mass is 10.2. The predicted molar refractivity (Wildman–Crippen MR) is 103 cm³/mol. The molecule has 0 unspecified atom stereocenters. The van der Waals surface area contributed by atoms with Gasteiger partial charge >= 0.3 is 0 Å². The molecule has 1 saturated heterocycles. The van der Waals surface area contributed by atoms with Crippen molar-refractivity contribution < 1.29 is 13.2 Å². The first-order valence-electron chi connectivity index (χ1n) is 8.49. The summed E-state index contributed by atoms with van der Waals surface area (Å²) < 4.78 is 30.7. The van der Waals surface area contributed by atoms with Crippen molar-refractivity contribution in [2.24, 2.45) is 0 Å². The van der Waals surface area contributed by atoms with Crippen LogP contribution in [0.5, 0.6) is 5.75 Å². The van der Waals surface area contributed by atoms with E-state index >= 15 is 0 Å². The molecule has 0 saturated carbocycles. The maximum Gasteiger partial charge on any atom is 0.233 e. The Bertz CT molecular complexity index is 816. The van der Waals surface area contributed by atoms with Crippen molar-refractivity contribution in [3.8, 4) is 5.75 Å². The van der Waals surface area contributed by atoms with Gasteiger partial charge in [-0.2, -0.15) is 0 Å². The minimum Gasteiger partial charge on any atom is -0.497 e. The first-order chi connectivity index (χ1) is 12.5. The van der Waals surface area contributed by atoms with Gasteiger partial charge in [0.15, 0.2) is 11.6 Å². The fraction of sp³-hybridized carbons (Fsp3) is 0.412. The molecular weight excluding hydrogens is 354 g/mol. The van der Waals surface area contributed by atoms with E-state index in [1.54, 1.807) is 26.2 Å². The van der Waals surface area contributed by atoms with Crippen LogP contribution >= 0.6 is 0 Å². The number of ether oxygens (including phenoxy) is 1. The molecule has 2 heterocycles. The van der Waals surface area contributed by atoms with Crippen LogP contribution in [-0.4, -0.2) is 57.7 Å². The minimum absolute atomic E-state index is 0.00372. The van der Waals surface area contributed by atoms with Crippen LogP contribution < -0.4 is 19.3 Å². The lowest BCUT2D eigenvalue weighted by Crippen LogP contribution is -2.46. The fourth-order valence-corrected chi connectivity index (χ4v) is 3.34. The summed E-state index contributed by atoms with van der Waals surface area (Å²) in [6.45, 7) is 4.96. The van der Waals surface area contributed by atoms with Crippen molar-refractivity contribution in [2.45, 2.75) is 6.92 Å². The Morgan fingerprint density at radius 2 is 1.65 bits per heavy atom. The number of rotatable bonds is 6. The molecule has 1 N–H and O–H groups in total. The van der Waals surface area contributed by atoms with Crippen LogP contribution in [0.4, 0.5) is 17.3 Å². The summed E-state index contributed by atoms with van der Waals surface area (Å²) in [5, 5.41) is 8.13. The fourth-order valence-electron chi connectivity index (χ4n) is 2.77. The molecule has 0 aliphatic carbocycles. The second-order valence-electron chi connectivity index (χ2n) is 5.95. The lowest BCUT2D eigenvalue weighted by molar-refractivity contribution is 0.415. The number of anilines is 3. The highest BCUT2D eigenvalue weighted by molar-refractivity contribution is 7.92. The first kappa shape index (κ1) is 18.2. The highest BCUT2D eigenvalue weighted by atomic mass is 32.2. The molecule has 0 amide bonds. The number of hydrogen-bond donors (Lipinski definition) is 1. The van der Waals surface area contributed by atoms with Crippen LogP contribution in [0.3, 0.4) is 0 Å². The maximum absolute atomic E-state index is 11.6. The average molecular weight is 377 g/mol. The molecule has 26 heavy (non-hydrogen) atoms. The molecular formula is C17H23N5O3S. The highest BCUT2D eigenvalue weighted by Crippen LogP contribution is 2.22. The van der Waals surface area contributed by atoms with Gasteiger partial charge in [-0.3, -0.25) is 4.72 Å². The van der Waals surface area contributed by atoms with Gasteiger partial charge in [-0.05, 0) is 43.3 Å². The Labute approximate surface area is 153 Å². The number of benzene rings is 1. The summed E-state index contributed by atoms with van der Waals surface area (Å²) in [7, 11) is -1.67. The van der Waals surface area contributed by atoms with Crippen molar-refractivity contribution in [1.82, 2.24) is 10.2 Å². The molecule has 0 spiro atoms. The van der Waals surface area contributed by atoms with E-state index < -0.39 is 10.0 Å². The zero-order chi connectivity index (χ0) is 18.6. The Balaban J connectivity index is 1.59. The molecule has 1 aliphatic heterocycles. The van der Waals surface area contributed by atoms with Crippen LogP contribution in [0, 0.1) is 0 Å². The number of methoxy groups -OCH3 is 1. The molecule has 0 bridgehead atoms. The zero-order valence-corrected chi connectivity index (χ0v) is 15.7. The smallest absolute Gasteiger partial charge is 0.233 e. The van der Waals surface area contributed by atoms with E-state index in [1.165, 1.54) is 5.69 Å². The summed E-state index contributed by atoms with van der Waals surface area (Å²) >= 11 is 0. The Morgan fingerprint density at radius 1 is 1.00 bits per heavy atom. The van der Waals surface area contributed by atoms with E-state index in [9.17, 15) is 8.42 Å². The topological polar surface area (TPSA) is 87.7 Å². The third-order valence-corrected chi connectivity index (χ3v) is 5.61. The molecule has 1 aromatic carbocycles. The Kier molecular flexibility index (Phi) is 5.46. The zero-order valence-electron chi connectivity index (χ0n) is 14.9. The predicted octanol–water partition coefficient (Wildman–Crippen LogP) is 1.57. The quantitative estimate of drug-likeness (QED) is 0.817. The Hall–Kier alpha value is -2.55. The third-order valence-electron chi connectivity index (χ3n) is 4.33. The molecule has 1 fully saturated rings. The van der Waals surface area contributed by atoms with Crippen molar-refractivity contribution in [2.75, 3.05) is 53.6 Å². The second kappa shape index (κ2) is 7.77. The summed E-state index contributed by atoms with van der Waals surface area (Å²) in [5.74, 6) is 1.84. The molecule has 0 atom stereocenters. The number of hydrogen-bond acceptors (Lipinski definition) is 7. The number of aromatic nitrogens is 2. The molecule has 1 aliphatic rings. The third kappa shape index (κ3) is 4.34. The van der Waals surface area contributed by atoms with Crippen LogP contribution in [-0.2, 0) is 10.0 Å². The van der Waals surface area contributed by atoms with E-state index in [4.69, 9.17) is 4.74 Å². The molecule has 140 valence electrons. The lowest BCUT2D eigenvalue weighted by Gasteiger charge is -2.36. The summed E-state index contributed by atoms with van der Waals surface area (Å²) in [5.41, 5.74) is 1.17. The SMILES string of the molecule is CCS(=O)(=O)Nc1ccc(N2CCN(c3ccc(OC)cc3)CC2)nn1. The van der Waals surface area contributed by atoms with Crippen molar-refractivity contribution in [3.05, 3.63) is 36.4 Å². The number of sulfonamides is 1. The molecule has 8 nitrogen and oxygen atoms in total. The summed E-state index contributed by atoms with van der Waals surface area (Å²) in [4.78, 5) is 4.46. The van der Waals surface area contributed by atoms with Gasteiger partial charge in [-0.1, -0.05) is 0 Å². The first-order valence-corrected chi connectivity index (χ1v) is 10.1. The van der Waals surface area contributed by atoms with Crippen LogP contribution in [0.15, 0.2) is 36.4 Å². The van der Waals surface area contributed by atoms with Gasteiger partial charge in [0.25, 0.3) is 0 Å². The molecule has 9 heteroatoms. The molecule has 0 radical (unpaired) electrons. The largest absolute Gasteiger partial charge is 0.497 e. The van der Waals surface area contributed by atoms with E-state index in [2.05, 4.69) is 36.9 Å². The average Bonchev–Trinajstić information content (AvgIpc) is 2.68. The van der Waals surface area contributed by atoms with Gasteiger partial charge in [0, 0.05) is 31.9 Å². The minimum atomic E-state index is -3.33. The number of nitrogens with one attached hydrogen (secondary N) is 1. The van der Waals surface area contributed by atoms with Gasteiger partial charge in [-0.15, -0.1) is 10.2 Å². The standard InChI is InChI=1S/C17H23N5O3S/c1-3-26(23,24)20-16-8-9-17(19-18-16)22-12-10-21(11-13-22)14-4-6-15(25-2)7-5-14/h4-9H,3,10-13H2,1-2H3,(H,18,20). The van der Waals surface area contributed by atoms with E-state index in [1.807, 2.05) is 12.1 Å². The van der Waals surface area contributed by atoms with Gasteiger partial charge in [0.05, 0.1) is 12.9 Å². The van der Waals surface area contributed by atoms with Crippen LogP contribution in [0.1, 0.15) is 6.92 Å². The van der Waals surface area contributed by atoms with Crippen molar-refractivity contribution in [3.63, 3.8) is 0 Å². The summed E-state index contributed by atoms with van der Waals surface area (Å²) in [6, 6.07) is 11.5. The number of piperazine rings is 1. The molecule has 3 rings (SSSR count). The normalized spacial score (nSPS) is 15.0. The van der Waals surface area contributed by atoms with Crippen LogP contribution in [0.2, 0.25) is 0 Å². The van der Waals surface area contributed by atoms with Gasteiger partial charge in [0.2, 0.25) is 10.0 Å². The van der Waals surface area contributed by atoms with E-state index in [-0.39, 0.29) is 11.6 Å². The van der Waals surface area contributed by atoms with Gasteiger partial charge < -0.3 is 14.5 Å². The monoisotopic (exact) mass is 377 g/mol. The Morgan fingerprint density at radius 3 is 2.19 bits per heavy atom. The van der Waals surface area contributed by atoms with Gasteiger partial charge in [0.1, 0.15) is 5.75 Å².